The van der Waals surface area contributed by atoms with Crippen molar-refractivity contribution >= 4 is 42.7 Å². The average molecular weight is 411 g/mol. The Morgan fingerprint density at radius 3 is 2.68 bits per heavy atom. The molecule has 1 aromatic rings. The minimum absolute atomic E-state index is 0.458. The molecule has 0 atom stereocenters. The van der Waals surface area contributed by atoms with Crippen LogP contribution in [0.4, 0.5) is 0 Å². The van der Waals surface area contributed by atoms with Crippen molar-refractivity contribution in [2.45, 2.75) is 25.4 Å². The Hall–Kier alpha value is 0.0900. The summed E-state index contributed by atoms with van der Waals surface area (Å²) in [5.74, 6) is 2.50. The van der Waals surface area contributed by atoms with E-state index in [1.165, 1.54) is 0 Å². The lowest BCUT2D eigenvalue weighted by atomic mass is 10.1. The highest BCUT2D eigenvalue weighted by Crippen LogP contribution is 2.32. The van der Waals surface area contributed by atoms with Gasteiger partial charge in [-0.05, 0) is 40.9 Å². The predicted octanol–water partition coefficient (Wildman–Crippen LogP) is 3.22. The van der Waals surface area contributed by atoms with Crippen molar-refractivity contribution in [2.75, 3.05) is 18.6 Å². The molecule has 1 aliphatic heterocycles. The minimum Gasteiger partial charge on any atom is -0.495 e. The van der Waals surface area contributed by atoms with Gasteiger partial charge >= 0.3 is 0 Å². The molecule has 19 heavy (non-hydrogen) atoms. The van der Waals surface area contributed by atoms with E-state index in [0.717, 1.165) is 51.2 Å². The molecule has 6 heteroatoms. The van der Waals surface area contributed by atoms with Crippen LogP contribution in [0.25, 0.3) is 0 Å². The molecule has 0 radical (unpaired) electrons. The van der Waals surface area contributed by atoms with Gasteiger partial charge in [0.15, 0.2) is 0 Å². The second-order valence-electron chi connectivity index (χ2n) is 4.58. The van der Waals surface area contributed by atoms with Gasteiger partial charge in [-0.15, -0.1) is 0 Å². The lowest BCUT2D eigenvalue weighted by Crippen LogP contribution is -2.35. The first kappa shape index (κ1) is 15.5. The number of benzene rings is 1. The third-order valence-corrected chi connectivity index (χ3v) is 5.69. The van der Waals surface area contributed by atoms with Gasteiger partial charge in [-0.2, -0.15) is 0 Å². The lowest BCUT2D eigenvalue weighted by molar-refractivity contribution is 0.400. The summed E-state index contributed by atoms with van der Waals surface area (Å²) in [5, 5.41) is 3.53. The van der Waals surface area contributed by atoms with E-state index in [-0.39, 0.29) is 0 Å². The molecule has 0 amide bonds. The van der Waals surface area contributed by atoms with Crippen molar-refractivity contribution in [1.29, 1.82) is 0 Å². The molecule has 0 aromatic heterocycles. The topological polar surface area (TPSA) is 38.3 Å². The second-order valence-corrected chi connectivity index (χ2v) is 8.05. The zero-order valence-corrected chi connectivity index (χ0v) is 14.7. The largest absolute Gasteiger partial charge is 0.495 e. The monoisotopic (exact) mass is 409 g/mol. The molecule has 0 aliphatic carbocycles. The van der Waals surface area contributed by atoms with Crippen LogP contribution in [0.15, 0.2) is 21.1 Å². The van der Waals surface area contributed by atoms with Gasteiger partial charge in [0.2, 0.25) is 0 Å². The maximum Gasteiger partial charge on any atom is 0.137 e. The Kier molecular flexibility index (Phi) is 5.87. The number of rotatable bonds is 4. The fraction of sp³-hybridized carbons (Fsp3) is 0.538. The molecule has 2 rings (SSSR count). The third-order valence-electron chi connectivity index (χ3n) is 3.26. The van der Waals surface area contributed by atoms with Crippen LogP contribution < -0.4 is 10.1 Å². The van der Waals surface area contributed by atoms with Crippen LogP contribution in [-0.4, -0.2) is 28.9 Å². The van der Waals surface area contributed by atoms with E-state index in [9.17, 15) is 4.21 Å². The number of ether oxygens (including phenoxy) is 1. The first-order valence-corrected chi connectivity index (χ1v) is 9.28. The molecule has 0 unspecified atom stereocenters. The van der Waals surface area contributed by atoms with E-state index in [1.54, 1.807) is 7.11 Å². The smallest absolute Gasteiger partial charge is 0.137 e. The van der Waals surface area contributed by atoms with Gasteiger partial charge in [-0.1, -0.05) is 15.9 Å². The quantitative estimate of drug-likeness (QED) is 0.827. The molecule has 1 heterocycles. The number of halogens is 2. The van der Waals surface area contributed by atoms with Gasteiger partial charge in [0.05, 0.1) is 11.6 Å². The van der Waals surface area contributed by atoms with Gasteiger partial charge in [-0.25, -0.2) is 0 Å². The van der Waals surface area contributed by atoms with Gasteiger partial charge < -0.3 is 10.1 Å². The number of hydrogen-bond donors (Lipinski definition) is 1. The number of hydrogen-bond acceptors (Lipinski definition) is 3. The lowest BCUT2D eigenvalue weighted by Gasteiger charge is -2.23. The van der Waals surface area contributed by atoms with Crippen molar-refractivity contribution in [1.82, 2.24) is 5.32 Å². The van der Waals surface area contributed by atoms with E-state index in [1.807, 2.05) is 6.07 Å². The molecule has 3 nitrogen and oxygen atoms in total. The molecule has 0 spiro atoms. The Balaban J connectivity index is 2.01. The third kappa shape index (κ3) is 4.28. The van der Waals surface area contributed by atoms with Gasteiger partial charge in [0.1, 0.15) is 5.75 Å². The van der Waals surface area contributed by atoms with Crippen LogP contribution in [0.2, 0.25) is 0 Å². The Morgan fingerprint density at radius 1 is 1.37 bits per heavy atom. The van der Waals surface area contributed by atoms with Crippen LogP contribution in [0.1, 0.15) is 18.4 Å². The van der Waals surface area contributed by atoms with Crippen LogP contribution >= 0.6 is 31.9 Å². The van der Waals surface area contributed by atoms with Crippen molar-refractivity contribution in [2.24, 2.45) is 0 Å². The summed E-state index contributed by atoms with van der Waals surface area (Å²) >= 11 is 7.01. The zero-order valence-electron chi connectivity index (χ0n) is 10.7. The molecule has 1 aliphatic rings. The molecule has 106 valence electrons. The Bertz CT molecular complexity index is 472. The van der Waals surface area contributed by atoms with Crippen LogP contribution in [0.5, 0.6) is 5.75 Å². The SMILES string of the molecule is COc1c(Br)cc(Br)cc1CNC1CCS(=O)CC1. The van der Waals surface area contributed by atoms with E-state index in [4.69, 9.17) is 4.74 Å². The molecule has 1 fully saturated rings. The molecular weight excluding hydrogens is 394 g/mol. The van der Waals surface area contributed by atoms with Crippen LogP contribution in [0, 0.1) is 0 Å². The summed E-state index contributed by atoms with van der Waals surface area (Å²) in [5.41, 5.74) is 1.12. The van der Waals surface area contributed by atoms with Crippen LogP contribution in [-0.2, 0) is 17.3 Å². The fourth-order valence-corrected chi connectivity index (χ4v) is 5.00. The summed E-state index contributed by atoms with van der Waals surface area (Å²) in [6.45, 7) is 0.762. The number of methoxy groups -OCH3 is 1. The standard InChI is InChI=1S/C13H17Br2NO2S/c1-18-13-9(6-10(14)7-12(13)15)8-16-11-2-4-19(17)5-3-11/h6-7,11,16H,2-5,8H2,1H3. The predicted molar refractivity (Wildman–Crippen MR) is 86.1 cm³/mol. The second kappa shape index (κ2) is 7.20. The molecular formula is C13H17Br2NO2S. The van der Waals surface area contributed by atoms with Crippen molar-refractivity contribution in [3.05, 3.63) is 26.6 Å². The summed E-state index contributed by atoms with van der Waals surface area (Å²) in [6, 6.07) is 4.50. The molecule has 1 N–H and O–H groups in total. The fourth-order valence-electron chi connectivity index (χ4n) is 2.23. The summed E-state index contributed by atoms with van der Waals surface area (Å²) in [4.78, 5) is 0. The van der Waals surface area contributed by atoms with Gasteiger partial charge in [0.25, 0.3) is 0 Å². The van der Waals surface area contributed by atoms with Gasteiger partial charge in [-0.3, -0.25) is 4.21 Å². The first-order chi connectivity index (χ1) is 9.10. The van der Waals surface area contributed by atoms with Crippen molar-refractivity contribution in [3.63, 3.8) is 0 Å². The molecule has 0 bridgehead atoms. The van der Waals surface area contributed by atoms with Crippen molar-refractivity contribution in [3.8, 4) is 5.75 Å². The first-order valence-electron chi connectivity index (χ1n) is 6.20. The van der Waals surface area contributed by atoms with E-state index >= 15 is 0 Å². The highest BCUT2D eigenvalue weighted by Gasteiger charge is 2.18. The highest BCUT2D eigenvalue weighted by atomic mass is 79.9. The normalized spacial score (nSPS) is 23.3. The maximum atomic E-state index is 11.3. The molecule has 1 aromatic carbocycles. The summed E-state index contributed by atoms with van der Waals surface area (Å²) in [7, 11) is 1.08. The average Bonchev–Trinajstić information content (AvgIpc) is 2.37. The molecule has 1 saturated heterocycles. The summed E-state index contributed by atoms with van der Waals surface area (Å²) in [6.07, 6.45) is 1.98. The van der Waals surface area contributed by atoms with E-state index < -0.39 is 10.8 Å². The molecule has 0 saturated carbocycles. The number of nitrogens with one attached hydrogen (secondary N) is 1. The van der Waals surface area contributed by atoms with Crippen molar-refractivity contribution < 1.29 is 8.95 Å². The summed E-state index contributed by atoms with van der Waals surface area (Å²) < 4.78 is 18.7. The zero-order chi connectivity index (χ0) is 13.8. The van der Waals surface area contributed by atoms with Crippen LogP contribution in [0.3, 0.4) is 0 Å². The van der Waals surface area contributed by atoms with E-state index in [2.05, 4.69) is 43.2 Å². The van der Waals surface area contributed by atoms with E-state index in [0.29, 0.717) is 6.04 Å². The highest BCUT2D eigenvalue weighted by molar-refractivity contribution is 9.11. The van der Waals surface area contributed by atoms with Gasteiger partial charge in [0, 0.05) is 44.9 Å². The maximum absolute atomic E-state index is 11.3. The Morgan fingerprint density at radius 2 is 2.05 bits per heavy atom. The minimum atomic E-state index is -0.602. The Labute approximate surface area is 133 Å².